The maximum atomic E-state index is 11.7. The zero-order valence-electron chi connectivity index (χ0n) is 12.1. The fourth-order valence-electron chi connectivity index (χ4n) is 4.54. The summed E-state index contributed by atoms with van der Waals surface area (Å²) >= 11 is 0. The maximum Gasteiger partial charge on any atom is 0.321 e. The smallest absolute Gasteiger partial charge is 0.321 e. The summed E-state index contributed by atoms with van der Waals surface area (Å²) in [6.07, 6.45) is 4.45. The van der Waals surface area contributed by atoms with E-state index in [9.17, 15) is 9.90 Å². The number of nitrogens with zero attached hydrogens (tertiary/aromatic N) is 1. The van der Waals surface area contributed by atoms with Crippen LogP contribution in [0.4, 0.5) is 0 Å². The van der Waals surface area contributed by atoms with Crippen LogP contribution in [0, 0.1) is 11.8 Å². The van der Waals surface area contributed by atoms with Crippen molar-refractivity contribution in [1.29, 1.82) is 0 Å². The van der Waals surface area contributed by atoms with Crippen LogP contribution in [0.3, 0.4) is 0 Å². The summed E-state index contributed by atoms with van der Waals surface area (Å²) in [5.41, 5.74) is 1.24. The molecular formula is C17H21NO3. The predicted octanol–water partition coefficient (Wildman–Crippen LogP) is 2.18. The summed E-state index contributed by atoms with van der Waals surface area (Å²) in [4.78, 5) is 13.8. The number of aliphatic carboxylic acids is 1. The van der Waals surface area contributed by atoms with E-state index in [0.717, 1.165) is 31.7 Å². The first-order valence-corrected chi connectivity index (χ1v) is 7.94. The molecule has 0 spiro atoms. The fraction of sp³-hybridized carbons (Fsp3) is 0.588. The molecule has 1 saturated carbocycles. The SMILES string of the molecule is O=C(O)C1C2CCCC2CN1CC1Cc2ccccc2O1. The normalized spacial score (nSPS) is 34.5. The van der Waals surface area contributed by atoms with Gasteiger partial charge in [-0.3, -0.25) is 9.69 Å². The second-order valence-corrected chi connectivity index (χ2v) is 6.64. The van der Waals surface area contributed by atoms with Gasteiger partial charge in [0.1, 0.15) is 17.9 Å². The minimum atomic E-state index is -0.653. The Morgan fingerprint density at radius 3 is 3.00 bits per heavy atom. The Morgan fingerprint density at radius 1 is 1.33 bits per heavy atom. The number of carboxylic acids is 1. The third-order valence-corrected chi connectivity index (χ3v) is 5.39. The van der Waals surface area contributed by atoms with Crippen LogP contribution < -0.4 is 4.74 Å². The lowest BCUT2D eigenvalue weighted by Crippen LogP contribution is -2.44. The van der Waals surface area contributed by atoms with E-state index in [1.807, 2.05) is 18.2 Å². The second kappa shape index (κ2) is 5.02. The number of likely N-dealkylation sites (tertiary alicyclic amines) is 1. The van der Waals surface area contributed by atoms with Crippen LogP contribution in [0.1, 0.15) is 24.8 Å². The topological polar surface area (TPSA) is 49.8 Å². The Kier molecular flexibility index (Phi) is 3.14. The van der Waals surface area contributed by atoms with Crippen molar-refractivity contribution in [3.8, 4) is 5.75 Å². The van der Waals surface area contributed by atoms with Crippen molar-refractivity contribution in [1.82, 2.24) is 4.90 Å². The van der Waals surface area contributed by atoms with Gasteiger partial charge in [0.15, 0.2) is 0 Å². The zero-order valence-corrected chi connectivity index (χ0v) is 12.1. The molecule has 4 heteroatoms. The van der Waals surface area contributed by atoms with E-state index in [-0.39, 0.29) is 12.1 Å². The van der Waals surface area contributed by atoms with Gasteiger partial charge in [0.25, 0.3) is 0 Å². The number of fused-ring (bicyclic) bond motifs is 2. The van der Waals surface area contributed by atoms with Crippen molar-refractivity contribution in [2.45, 2.75) is 37.8 Å². The third-order valence-electron chi connectivity index (χ3n) is 5.39. The van der Waals surface area contributed by atoms with Gasteiger partial charge in [0.05, 0.1) is 0 Å². The van der Waals surface area contributed by atoms with Gasteiger partial charge in [-0.15, -0.1) is 0 Å². The highest BCUT2D eigenvalue weighted by atomic mass is 16.5. The zero-order chi connectivity index (χ0) is 14.4. The standard InChI is InChI=1S/C17H21NO3/c19-17(20)16-14-6-3-5-12(14)9-18(16)10-13-8-11-4-1-2-7-15(11)21-13/h1-2,4,7,12-14,16H,3,5-6,8-10H2,(H,19,20). The highest BCUT2D eigenvalue weighted by Crippen LogP contribution is 2.42. The van der Waals surface area contributed by atoms with Crippen molar-refractivity contribution in [3.63, 3.8) is 0 Å². The Labute approximate surface area is 124 Å². The molecule has 4 rings (SSSR count). The van der Waals surface area contributed by atoms with Crippen LogP contribution in [-0.2, 0) is 11.2 Å². The number of carboxylic acid groups (broad SMARTS) is 1. The van der Waals surface area contributed by atoms with E-state index < -0.39 is 5.97 Å². The van der Waals surface area contributed by atoms with E-state index in [1.165, 1.54) is 18.4 Å². The molecule has 112 valence electrons. The Hall–Kier alpha value is -1.55. The second-order valence-electron chi connectivity index (χ2n) is 6.64. The molecular weight excluding hydrogens is 266 g/mol. The van der Waals surface area contributed by atoms with E-state index in [1.54, 1.807) is 0 Å². The molecule has 1 aromatic rings. The van der Waals surface area contributed by atoms with E-state index in [0.29, 0.717) is 11.8 Å². The number of hydrogen-bond acceptors (Lipinski definition) is 3. The van der Waals surface area contributed by atoms with Crippen LogP contribution in [0.5, 0.6) is 5.75 Å². The maximum absolute atomic E-state index is 11.7. The summed E-state index contributed by atoms with van der Waals surface area (Å²) < 4.78 is 5.98. The van der Waals surface area contributed by atoms with Crippen LogP contribution in [0.15, 0.2) is 24.3 Å². The van der Waals surface area contributed by atoms with Crippen LogP contribution in [0.25, 0.3) is 0 Å². The molecule has 0 radical (unpaired) electrons. The minimum absolute atomic E-state index is 0.100. The first kappa shape index (κ1) is 13.1. The van der Waals surface area contributed by atoms with E-state index in [4.69, 9.17) is 4.74 Å². The lowest BCUT2D eigenvalue weighted by Gasteiger charge is -2.26. The van der Waals surface area contributed by atoms with Gasteiger partial charge in [-0.1, -0.05) is 24.6 Å². The number of ether oxygens (including phenoxy) is 1. The summed E-state index contributed by atoms with van der Waals surface area (Å²) in [7, 11) is 0. The van der Waals surface area contributed by atoms with Gasteiger partial charge in [0, 0.05) is 19.5 Å². The summed E-state index contributed by atoms with van der Waals surface area (Å²) in [6.45, 7) is 1.66. The Balaban J connectivity index is 1.47. The average Bonchev–Trinajstić information content (AvgIpc) is 3.10. The molecule has 4 atom stereocenters. The monoisotopic (exact) mass is 287 g/mol. The van der Waals surface area contributed by atoms with Crippen molar-refractivity contribution in [2.24, 2.45) is 11.8 Å². The van der Waals surface area contributed by atoms with Gasteiger partial charge >= 0.3 is 5.97 Å². The molecule has 2 fully saturated rings. The highest BCUT2D eigenvalue weighted by Gasteiger charge is 2.48. The lowest BCUT2D eigenvalue weighted by atomic mass is 9.94. The predicted molar refractivity (Wildman–Crippen MR) is 78.4 cm³/mol. The van der Waals surface area contributed by atoms with Crippen molar-refractivity contribution in [3.05, 3.63) is 29.8 Å². The molecule has 4 nitrogen and oxygen atoms in total. The fourth-order valence-corrected chi connectivity index (χ4v) is 4.54. The molecule has 3 aliphatic rings. The van der Waals surface area contributed by atoms with E-state index in [2.05, 4.69) is 11.0 Å². The Morgan fingerprint density at radius 2 is 2.19 bits per heavy atom. The van der Waals surface area contributed by atoms with Crippen molar-refractivity contribution < 1.29 is 14.6 Å². The number of para-hydroxylation sites is 1. The first-order chi connectivity index (χ1) is 10.2. The van der Waals surface area contributed by atoms with Crippen LogP contribution in [-0.4, -0.2) is 41.2 Å². The first-order valence-electron chi connectivity index (χ1n) is 7.94. The molecule has 0 bridgehead atoms. The van der Waals surface area contributed by atoms with Crippen molar-refractivity contribution in [2.75, 3.05) is 13.1 Å². The van der Waals surface area contributed by atoms with Crippen LogP contribution >= 0.6 is 0 Å². The molecule has 0 aromatic heterocycles. The third kappa shape index (κ3) is 2.22. The minimum Gasteiger partial charge on any atom is -0.488 e. The molecule has 2 aliphatic heterocycles. The van der Waals surface area contributed by atoms with Crippen LogP contribution in [0.2, 0.25) is 0 Å². The van der Waals surface area contributed by atoms with Gasteiger partial charge in [-0.25, -0.2) is 0 Å². The molecule has 1 N–H and O–H groups in total. The number of benzene rings is 1. The van der Waals surface area contributed by atoms with Gasteiger partial charge in [-0.2, -0.15) is 0 Å². The quantitative estimate of drug-likeness (QED) is 0.925. The molecule has 1 aromatic carbocycles. The van der Waals surface area contributed by atoms with Gasteiger partial charge in [-0.05, 0) is 36.3 Å². The molecule has 0 amide bonds. The largest absolute Gasteiger partial charge is 0.488 e. The molecule has 2 heterocycles. The Bertz CT molecular complexity index is 534. The highest BCUT2D eigenvalue weighted by molar-refractivity contribution is 5.74. The molecule has 1 saturated heterocycles. The average molecular weight is 287 g/mol. The van der Waals surface area contributed by atoms with E-state index >= 15 is 0 Å². The van der Waals surface area contributed by atoms with Gasteiger partial charge in [0.2, 0.25) is 0 Å². The number of hydrogen-bond donors (Lipinski definition) is 1. The number of rotatable bonds is 3. The summed E-state index contributed by atoms with van der Waals surface area (Å²) in [5, 5.41) is 9.60. The number of carbonyl (C=O) groups is 1. The van der Waals surface area contributed by atoms with Crippen molar-refractivity contribution >= 4 is 5.97 Å². The van der Waals surface area contributed by atoms with Gasteiger partial charge < -0.3 is 9.84 Å². The lowest BCUT2D eigenvalue weighted by molar-refractivity contribution is -0.143. The molecule has 1 aliphatic carbocycles. The molecule has 4 unspecified atom stereocenters. The summed E-state index contributed by atoms with van der Waals surface area (Å²) in [5.74, 6) is 1.25. The summed E-state index contributed by atoms with van der Waals surface area (Å²) in [6, 6.07) is 7.82. The molecule has 21 heavy (non-hydrogen) atoms.